The second-order valence-corrected chi connectivity index (χ2v) is 5.08. The van der Waals surface area contributed by atoms with Crippen LogP contribution in [-0.4, -0.2) is 18.3 Å². The Hall–Kier alpha value is -1.72. The van der Waals surface area contributed by atoms with Gasteiger partial charge in [-0.15, -0.1) is 13.2 Å². The Balaban J connectivity index is 2.71. The average Bonchev–Trinajstić information content (AvgIpc) is 2.25. The maximum atomic E-state index is 12.1. The van der Waals surface area contributed by atoms with Gasteiger partial charge in [0.05, 0.1) is 0 Å². The fraction of sp³-hybridized carbons (Fsp3) is 0.500. The van der Waals surface area contributed by atoms with E-state index >= 15 is 0 Å². The minimum atomic E-state index is -4.76. The van der Waals surface area contributed by atoms with E-state index < -0.39 is 18.0 Å². The molecule has 0 heterocycles. The van der Waals surface area contributed by atoms with Gasteiger partial charge in [-0.1, -0.05) is 19.9 Å². The number of carbonyl (C=O) groups is 1. The van der Waals surface area contributed by atoms with Gasteiger partial charge in [0.15, 0.2) is 0 Å². The van der Waals surface area contributed by atoms with Crippen LogP contribution in [0.5, 0.6) is 5.75 Å². The van der Waals surface area contributed by atoms with Crippen molar-refractivity contribution >= 4 is 5.91 Å². The lowest BCUT2D eigenvalue weighted by Crippen LogP contribution is -2.33. The molecule has 1 amide bonds. The summed E-state index contributed by atoms with van der Waals surface area (Å²) in [4.78, 5) is 11.9. The Labute approximate surface area is 116 Å². The quantitative estimate of drug-likeness (QED) is 0.896. The number of benzene rings is 1. The number of nitrogens with one attached hydrogen (secondary N) is 1. The van der Waals surface area contributed by atoms with Crippen LogP contribution in [0.3, 0.4) is 0 Å². The Morgan fingerprint density at radius 1 is 1.30 bits per heavy atom. The zero-order valence-electron chi connectivity index (χ0n) is 11.6. The van der Waals surface area contributed by atoms with Gasteiger partial charge >= 0.3 is 6.36 Å². The molecule has 1 N–H and O–H groups in total. The second kappa shape index (κ2) is 6.63. The van der Waals surface area contributed by atoms with E-state index in [4.69, 9.17) is 0 Å². The molecule has 0 aliphatic heterocycles. The highest BCUT2D eigenvalue weighted by Gasteiger charge is 2.31. The van der Waals surface area contributed by atoms with E-state index in [0.717, 1.165) is 18.6 Å². The highest BCUT2D eigenvalue weighted by atomic mass is 19.4. The summed E-state index contributed by atoms with van der Waals surface area (Å²) in [6.07, 6.45) is -3.97. The SMILES string of the molecule is CC(C)C[C@H](C)NC(=O)c1cccc(OC(F)(F)F)c1. The third kappa shape index (κ3) is 5.95. The maximum absolute atomic E-state index is 12.1. The van der Waals surface area contributed by atoms with E-state index in [1.54, 1.807) is 0 Å². The molecule has 3 nitrogen and oxygen atoms in total. The molecule has 0 bridgehead atoms. The van der Waals surface area contributed by atoms with Crippen LogP contribution in [-0.2, 0) is 0 Å². The molecule has 1 atom stereocenters. The topological polar surface area (TPSA) is 38.3 Å². The van der Waals surface area contributed by atoms with Crippen molar-refractivity contribution < 1.29 is 22.7 Å². The number of rotatable bonds is 5. The van der Waals surface area contributed by atoms with Crippen LogP contribution < -0.4 is 10.1 Å². The summed E-state index contributed by atoms with van der Waals surface area (Å²) in [6, 6.07) is 4.98. The number of hydrogen-bond acceptors (Lipinski definition) is 2. The molecule has 0 saturated carbocycles. The summed E-state index contributed by atoms with van der Waals surface area (Å²) < 4.78 is 40.1. The Bertz CT molecular complexity index is 458. The van der Waals surface area contributed by atoms with Crippen molar-refractivity contribution in [3.05, 3.63) is 29.8 Å². The van der Waals surface area contributed by atoms with E-state index in [1.807, 2.05) is 20.8 Å². The Morgan fingerprint density at radius 2 is 1.95 bits per heavy atom. The first kappa shape index (κ1) is 16.3. The predicted molar refractivity (Wildman–Crippen MR) is 69.5 cm³/mol. The minimum Gasteiger partial charge on any atom is -0.406 e. The number of alkyl halides is 3. The molecular formula is C14H18F3NO2. The Kier molecular flexibility index (Phi) is 5.42. The van der Waals surface area contributed by atoms with Gasteiger partial charge in [-0.25, -0.2) is 0 Å². The minimum absolute atomic E-state index is 0.0466. The summed E-state index contributed by atoms with van der Waals surface area (Å²) in [6.45, 7) is 5.91. The first-order valence-electron chi connectivity index (χ1n) is 6.34. The fourth-order valence-corrected chi connectivity index (χ4v) is 1.91. The fourth-order valence-electron chi connectivity index (χ4n) is 1.91. The molecule has 0 saturated heterocycles. The first-order valence-corrected chi connectivity index (χ1v) is 6.34. The summed E-state index contributed by atoms with van der Waals surface area (Å²) >= 11 is 0. The monoisotopic (exact) mass is 289 g/mol. The average molecular weight is 289 g/mol. The molecule has 1 aromatic carbocycles. The number of ether oxygens (including phenoxy) is 1. The summed E-state index contributed by atoms with van der Waals surface area (Å²) in [5.74, 6) is -0.391. The molecule has 1 rings (SSSR count). The van der Waals surface area contributed by atoms with Crippen LogP contribution in [0.25, 0.3) is 0 Å². The molecule has 0 aromatic heterocycles. The van der Waals surface area contributed by atoms with Gasteiger partial charge in [0.25, 0.3) is 5.91 Å². The lowest BCUT2D eigenvalue weighted by molar-refractivity contribution is -0.274. The van der Waals surface area contributed by atoms with Crippen molar-refractivity contribution in [1.82, 2.24) is 5.32 Å². The second-order valence-electron chi connectivity index (χ2n) is 5.08. The largest absolute Gasteiger partial charge is 0.573 e. The molecular weight excluding hydrogens is 271 g/mol. The van der Waals surface area contributed by atoms with Crippen LogP contribution in [0.2, 0.25) is 0 Å². The van der Waals surface area contributed by atoms with Gasteiger partial charge in [-0.2, -0.15) is 0 Å². The molecule has 6 heteroatoms. The smallest absolute Gasteiger partial charge is 0.406 e. The highest BCUT2D eigenvalue weighted by molar-refractivity contribution is 5.94. The van der Waals surface area contributed by atoms with E-state index in [9.17, 15) is 18.0 Å². The molecule has 20 heavy (non-hydrogen) atoms. The first-order chi connectivity index (χ1) is 9.17. The van der Waals surface area contributed by atoms with Crippen molar-refractivity contribution in [3.8, 4) is 5.75 Å². The van der Waals surface area contributed by atoms with Crippen molar-refractivity contribution in [2.45, 2.75) is 39.6 Å². The Morgan fingerprint density at radius 3 is 2.50 bits per heavy atom. The van der Waals surface area contributed by atoms with Crippen molar-refractivity contribution in [1.29, 1.82) is 0 Å². The lowest BCUT2D eigenvalue weighted by Gasteiger charge is -2.16. The number of carbonyl (C=O) groups excluding carboxylic acids is 1. The molecule has 0 radical (unpaired) electrons. The van der Waals surface area contributed by atoms with Gasteiger partial charge in [0, 0.05) is 11.6 Å². The highest BCUT2D eigenvalue weighted by Crippen LogP contribution is 2.23. The third-order valence-electron chi connectivity index (χ3n) is 2.53. The van der Waals surface area contributed by atoms with E-state index in [0.29, 0.717) is 5.92 Å². The van der Waals surface area contributed by atoms with Crippen molar-refractivity contribution in [3.63, 3.8) is 0 Å². The number of halogens is 3. The van der Waals surface area contributed by atoms with Crippen LogP contribution >= 0.6 is 0 Å². The number of hydrogen-bond donors (Lipinski definition) is 1. The maximum Gasteiger partial charge on any atom is 0.573 e. The molecule has 0 aliphatic rings. The predicted octanol–water partition coefficient (Wildman–Crippen LogP) is 3.75. The van der Waals surface area contributed by atoms with Gasteiger partial charge in [0.2, 0.25) is 0 Å². The molecule has 0 spiro atoms. The molecule has 1 aromatic rings. The molecule has 0 aliphatic carbocycles. The van der Waals surface area contributed by atoms with E-state index in [-0.39, 0.29) is 11.6 Å². The van der Waals surface area contributed by atoms with E-state index in [2.05, 4.69) is 10.1 Å². The van der Waals surface area contributed by atoms with Crippen molar-refractivity contribution in [2.75, 3.05) is 0 Å². The summed E-state index contributed by atoms with van der Waals surface area (Å²) in [5.41, 5.74) is 0.141. The number of amides is 1. The van der Waals surface area contributed by atoms with Crippen molar-refractivity contribution in [2.24, 2.45) is 5.92 Å². The summed E-state index contributed by atoms with van der Waals surface area (Å²) in [7, 11) is 0. The molecule has 0 fully saturated rings. The van der Waals surface area contributed by atoms with Gasteiger partial charge < -0.3 is 10.1 Å². The zero-order valence-corrected chi connectivity index (χ0v) is 11.6. The third-order valence-corrected chi connectivity index (χ3v) is 2.53. The van der Waals surface area contributed by atoms with Gasteiger partial charge in [-0.3, -0.25) is 4.79 Å². The van der Waals surface area contributed by atoms with Gasteiger partial charge in [0.1, 0.15) is 5.75 Å². The van der Waals surface area contributed by atoms with Crippen LogP contribution in [0, 0.1) is 5.92 Å². The lowest BCUT2D eigenvalue weighted by atomic mass is 10.0. The molecule has 0 unspecified atom stereocenters. The van der Waals surface area contributed by atoms with Gasteiger partial charge in [-0.05, 0) is 37.5 Å². The van der Waals surface area contributed by atoms with Crippen LogP contribution in [0.15, 0.2) is 24.3 Å². The summed E-state index contributed by atoms with van der Waals surface area (Å²) in [5, 5.41) is 2.74. The molecule has 112 valence electrons. The standard InChI is InChI=1S/C14H18F3NO2/c1-9(2)7-10(3)18-13(19)11-5-4-6-12(8-11)20-14(15,16)17/h4-6,8-10H,7H2,1-3H3,(H,18,19)/t10-/m0/s1. The van der Waals surface area contributed by atoms with Crippen LogP contribution in [0.1, 0.15) is 37.6 Å². The normalized spacial score (nSPS) is 13.2. The zero-order chi connectivity index (χ0) is 15.3. The van der Waals surface area contributed by atoms with E-state index in [1.165, 1.54) is 12.1 Å². The van der Waals surface area contributed by atoms with Crippen LogP contribution in [0.4, 0.5) is 13.2 Å².